The highest BCUT2D eigenvalue weighted by Crippen LogP contribution is 2.18. The second-order valence-corrected chi connectivity index (χ2v) is 3.55. The Morgan fingerprint density at radius 3 is 2.54 bits per heavy atom. The van der Waals surface area contributed by atoms with Gasteiger partial charge in [-0.15, -0.1) is 10.2 Å². The van der Waals surface area contributed by atoms with Crippen molar-refractivity contribution in [2.45, 2.75) is 25.0 Å². The minimum absolute atomic E-state index is 0.000602. The standard InChI is InChI=1S/C7H11N3O2S/c1-4(2)10-5(6(11)12)8-9-7(10)13-3/h4H,1-3H3,(H,11,12). The molecule has 6 heteroatoms. The normalized spacial score (nSPS) is 10.8. The molecule has 0 fully saturated rings. The number of aromatic carboxylic acids is 1. The van der Waals surface area contributed by atoms with Crippen LogP contribution in [0.5, 0.6) is 0 Å². The minimum atomic E-state index is -1.04. The minimum Gasteiger partial charge on any atom is -0.475 e. The SMILES string of the molecule is CSc1nnc(C(=O)O)n1C(C)C. The van der Waals surface area contributed by atoms with E-state index < -0.39 is 5.97 Å². The molecule has 0 radical (unpaired) electrons. The zero-order valence-electron chi connectivity index (χ0n) is 7.68. The van der Waals surface area contributed by atoms with Gasteiger partial charge in [0.1, 0.15) is 0 Å². The molecule has 1 aromatic heterocycles. The molecule has 0 saturated heterocycles. The van der Waals surface area contributed by atoms with Crippen LogP contribution in [0.3, 0.4) is 0 Å². The Balaban J connectivity index is 3.22. The molecule has 1 rings (SSSR count). The van der Waals surface area contributed by atoms with E-state index in [2.05, 4.69) is 10.2 Å². The molecule has 0 saturated carbocycles. The fourth-order valence-corrected chi connectivity index (χ4v) is 1.64. The van der Waals surface area contributed by atoms with E-state index in [4.69, 9.17) is 5.11 Å². The molecule has 13 heavy (non-hydrogen) atoms. The third kappa shape index (κ3) is 1.82. The highest BCUT2D eigenvalue weighted by molar-refractivity contribution is 7.98. The summed E-state index contributed by atoms with van der Waals surface area (Å²) in [4.78, 5) is 10.7. The van der Waals surface area contributed by atoms with Crippen molar-refractivity contribution in [2.75, 3.05) is 6.26 Å². The molecule has 0 aliphatic heterocycles. The quantitative estimate of drug-likeness (QED) is 0.746. The number of nitrogens with zero attached hydrogens (tertiary/aromatic N) is 3. The van der Waals surface area contributed by atoms with Crippen molar-refractivity contribution in [1.82, 2.24) is 14.8 Å². The van der Waals surface area contributed by atoms with Crippen LogP contribution in [-0.2, 0) is 0 Å². The lowest BCUT2D eigenvalue weighted by molar-refractivity contribution is 0.0675. The lowest BCUT2D eigenvalue weighted by atomic mass is 10.4. The van der Waals surface area contributed by atoms with E-state index >= 15 is 0 Å². The number of aromatic nitrogens is 3. The molecule has 0 atom stereocenters. The maximum absolute atomic E-state index is 10.7. The zero-order chi connectivity index (χ0) is 10.0. The van der Waals surface area contributed by atoms with E-state index in [1.165, 1.54) is 11.8 Å². The lowest BCUT2D eigenvalue weighted by Gasteiger charge is -2.09. The fraction of sp³-hybridized carbons (Fsp3) is 0.571. The predicted octanol–water partition coefficient (Wildman–Crippen LogP) is 1.28. The Labute approximate surface area is 80.2 Å². The van der Waals surface area contributed by atoms with Gasteiger partial charge in [0.25, 0.3) is 0 Å². The van der Waals surface area contributed by atoms with Gasteiger partial charge in [0.15, 0.2) is 5.16 Å². The molecule has 0 aromatic carbocycles. The van der Waals surface area contributed by atoms with Gasteiger partial charge in [-0.1, -0.05) is 11.8 Å². The van der Waals surface area contributed by atoms with Gasteiger partial charge in [-0.25, -0.2) is 4.79 Å². The molecule has 72 valence electrons. The third-order valence-corrected chi connectivity index (χ3v) is 2.20. The fourth-order valence-electron chi connectivity index (χ4n) is 1.03. The molecule has 5 nitrogen and oxygen atoms in total. The summed E-state index contributed by atoms with van der Waals surface area (Å²) in [6, 6.07) is 0.0588. The van der Waals surface area contributed by atoms with Crippen LogP contribution in [0.15, 0.2) is 5.16 Å². The summed E-state index contributed by atoms with van der Waals surface area (Å²) in [5.74, 6) is -1.04. The summed E-state index contributed by atoms with van der Waals surface area (Å²) in [5.41, 5.74) is 0. The highest BCUT2D eigenvalue weighted by atomic mass is 32.2. The van der Waals surface area contributed by atoms with Crippen LogP contribution in [-0.4, -0.2) is 32.1 Å². The first-order valence-corrected chi connectivity index (χ1v) is 5.02. The van der Waals surface area contributed by atoms with E-state index in [0.29, 0.717) is 5.16 Å². The second-order valence-electron chi connectivity index (χ2n) is 2.78. The molecular formula is C7H11N3O2S. The second kappa shape index (κ2) is 3.78. The van der Waals surface area contributed by atoms with E-state index in [1.807, 2.05) is 20.1 Å². The first kappa shape index (κ1) is 10.0. The summed E-state index contributed by atoms with van der Waals surface area (Å²) in [5, 5.41) is 16.8. The van der Waals surface area contributed by atoms with Crippen LogP contribution in [0.25, 0.3) is 0 Å². The Kier molecular flexibility index (Phi) is 2.92. The number of carboxylic acid groups (broad SMARTS) is 1. The number of hydrogen-bond acceptors (Lipinski definition) is 4. The molecular weight excluding hydrogens is 190 g/mol. The summed E-state index contributed by atoms with van der Waals surface area (Å²) in [6.07, 6.45) is 1.84. The largest absolute Gasteiger partial charge is 0.475 e. The average Bonchev–Trinajstić information content (AvgIpc) is 2.46. The van der Waals surface area contributed by atoms with E-state index in [0.717, 1.165) is 0 Å². The van der Waals surface area contributed by atoms with Crippen molar-refractivity contribution >= 4 is 17.7 Å². The summed E-state index contributed by atoms with van der Waals surface area (Å²) in [7, 11) is 0. The molecule has 1 aromatic rings. The predicted molar refractivity (Wildman–Crippen MR) is 49.1 cm³/mol. The number of rotatable bonds is 3. The van der Waals surface area contributed by atoms with Gasteiger partial charge in [-0.2, -0.15) is 0 Å². The highest BCUT2D eigenvalue weighted by Gasteiger charge is 2.18. The molecule has 1 N–H and O–H groups in total. The number of carbonyl (C=O) groups is 1. The van der Waals surface area contributed by atoms with E-state index in [1.54, 1.807) is 4.57 Å². The van der Waals surface area contributed by atoms with Gasteiger partial charge in [0.05, 0.1) is 0 Å². The van der Waals surface area contributed by atoms with Crippen LogP contribution >= 0.6 is 11.8 Å². The van der Waals surface area contributed by atoms with Gasteiger partial charge >= 0.3 is 5.97 Å². The van der Waals surface area contributed by atoms with Crippen LogP contribution < -0.4 is 0 Å². The number of hydrogen-bond donors (Lipinski definition) is 1. The average molecular weight is 201 g/mol. The van der Waals surface area contributed by atoms with Crippen molar-refractivity contribution in [1.29, 1.82) is 0 Å². The van der Waals surface area contributed by atoms with Crippen molar-refractivity contribution in [3.8, 4) is 0 Å². The molecule has 0 aliphatic rings. The monoisotopic (exact) mass is 201 g/mol. The van der Waals surface area contributed by atoms with E-state index in [9.17, 15) is 4.79 Å². The van der Waals surface area contributed by atoms with Crippen molar-refractivity contribution in [3.05, 3.63) is 5.82 Å². The molecule has 0 amide bonds. The zero-order valence-corrected chi connectivity index (χ0v) is 8.50. The van der Waals surface area contributed by atoms with Gasteiger partial charge in [-0.05, 0) is 20.1 Å². The first-order chi connectivity index (χ1) is 6.07. The Morgan fingerprint density at radius 2 is 2.15 bits per heavy atom. The topological polar surface area (TPSA) is 68.0 Å². The van der Waals surface area contributed by atoms with Gasteiger partial charge in [0, 0.05) is 6.04 Å². The van der Waals surface area contributed by atoms with Crippen LogP contribution in [0.4, 0.5) is 0 Å². The molecule has 1 heterocycles. The Bertz CT molecular complexity index is 322. The van der Waals surface area contributed by atoms with Crippen LogP contribution in [0.2, 0.25) is 0 Å². The molecule has 0 bridgehead atoms. The maximum atomic E-state index is 10.7. The van der Waals surface area contributed by atoms with Crippen LogP contribution in [0.1, 0.15) is 30.5 Å². The summed E-state index contributed by atoms with van der Waals surface area (Å²) >= 11 is 1.39. The van der Waals surface area contributed by atoms with Crippen molar-refractivity contribution < 1.29 is 9.90 Å². The molecule has 0 spiro atoms. The Hall–Kier alpha value is -1.04. The van der Waals surface area contributed by atoms with Gasteiger partial charge in [0.2, 0.25) is 5.82 Å². The van der Waals surface area contributed by atoms with Crippen LogP contribution in [0, 0.1) is 0 Å². The lowest BCUT2D eigenvalue weighted by Crippen LogP contribution is -2.12. The summed E-state index contributed by atoms with van der Waals surface area (Å²) in [6.45, 7) is 3.80. The van der Waals surface area contributed by atoms with E-state index in [-0.39, 0.29) is 11.9 Å². The van der Waals surface area contributed by atoms with Gasteiger partial charge in [-0.3, -0.25) is 4.57 Å². The number of thioether (sulfide) groups is 1. The van der Waals surface area contributed by atoms with Crippen molar-refractivity contribution in [3.63, 3.8) is 0 Å². The summed E-state index contributed by atoms with van der Waals surface area (Å²) < 4.78 is 1.60. The van der Waals surface area contributed by atoms with Crippen molar-refractivity contribution in [2.24, 2.45) is 0 Å². The van der Waals surface area contributed by atoms with Gasteiger partial charge < -0.3 is 5.11 Å². The third-order valence-electron chi connectivity index (χ3n) is 1.55. The number of carboxylic acids is 1. The molecule has 0 aliphatic carbocycles. The smallest absolute Gasteiger partial charge is 0.374 e. The molecule has 0 unspecified atom stereocenters. The first-order valence-electron chi connectivity index (χ1n) is 3.80. The maximum Gasteiger partial charge on any atom is 0.374 e. The Morgan fingerprint density at radius 1 is 1.54 bits per heavy atom.